The summed E-state index contributed by atoms with van der Waals surface area (Å²) in [6, 6.07) is 42.2. The van der Waals surface area contributed by atoms with Crippen molar-refractivity contribution in [2.24, 2.45) is 16.9 Å². The van der Waals surface area contributed by atoms with Crippen molar-refractivity contribution in [1.82, 2.24) is 10.3 Å². The van der Waals surface area contributed by atoms with Crippen LogP contribution in [0.5, 0.6) is 0 Å². The van der Waals surface area contributed by atoms with Crippen molar-refractivity contribution >= 4 is 54.7 Å². The van der Waals surface area contributed by atoms with Gasteiger partial charge in [-0.3, -0.25) is 10.3 Å². The van der Waals surface area contributed by atoms with Crippen LogP contribution in [0.4, 0.5) is 11.4 Å². The molecule has 0 spiro atoms. The molecule has 0 saturated heterocycles. The summed E-state index contributed by atoms with van der Waals surface area (Å²) in [6.45, 7) is 5.32. The van der Waals surface area contributed by atoms with Gasteiger partial charge in [0.05, 0.1) is 34.8 Å². The van der Waals surface area contributed by atoms with Crippen LogP contribution in [0.25, 0.3) is 25.7 Å². The molecule has 6 heteroatoms. The number of rotatable bonds is 10. The lowest BCUT2D eigenvalue weighted by Gasteiger charge is -2.29. The average molecular weight is 660 g/mol. The summed E-state index contributed by atoms with van der Waals surface area (Å²) < 4.78 is 2.61. The molecule has 0 bridgehead atoms. The molecular weight excluding hydrogens is 619 g/mol. The number of nitrogens with zero attached hydrogens (tertiary/aromatic N) is 3. The molecule has 1 heterocycles. The number of fused-ring (bicyclic) bond motifs is 3. The number of hydrogen-bond donors (Lipinski definition) is 2. The average Bonchev–Trinajstić information content (AvgIpc) is 3.53. The van der Waals surface area contributed by atoms with Gasteiger partial charge in [-0.05, 0) is 84.3 Å². The third-order valence-electron chi connectivity index (χ3n) is 9.77. The normalized spacial score (nSPS) is 16.8. The van der Waals surface area contributed by atoms with Gasteiger partial charge < -0.3 is 5.32 Å². The van der Waals surface area contributed by atoms with E-state index in [-0.39, 0.29) is 6.17 Å². The van der Waals surface area contributed by atoms with Crippen LogP contribution in [-0.4, -0.2) is 18.3 Å². The van der Waals surface area contributed by atoms with E-state index in [1.54, 1.807) is 0 Å². The standard InChI is InChI=1S/C43H41N5S/c1-29-16-19-34(24-30(29)2)37-22-23-39-38-14-7-8-15-40(38)49-42(39)41(37)47-36-20-17-32(18-21-36)28-48(46-27-31-10-5-4-6-11-31)43(45-3)35-13-9-12-33(25-35)26-44/h4-15,17-23,25,27,29-30,43,45,47H,16,24,28H2,1-3H3/b46-27+. The van der Waals surface area contributed by atoms with Gasteiger partial charge in [-0.15, -0.1) is 11.3 Å². The fraction of sp³-hybridized carbons (Fsp3) is 0.209. The summed E-state index contributed by atoms with van der Waals surface area (Å²) in [5.74, 6) is 1.36. The van der Waals surface area contributed by atoms with Crippen LogP contribution in [-0.2, 0) is 6.54 Å². The molecule has 49 heavy (non-hydrogen) atoms. The Morgan fingerprint density at radius 2 is 1.69 bits per heavy atom. The molecule has 1 aromatic heterocycles. The fourth-order valence-corrected chi connectivity index (χ4v) is 7.97. The number of hydrogen-bond acceptors (Lipinski definition) is 6. The van der Waals surface area contributed by atoms with Crippen molar-refractivity contribution < 1.29 is 0 Å². The zero-order valence-electron chi connectivity index (χ0n) is 28.2. The first kappa shape index (κ1) is 32.3. The summed E-state index contributed by atoms with van der Waals surface area (Å²) in [4.78, 5) is 0. The summed E-state index contributed by atoms with van der Waals surface area (Å²) in [6.07, 6.45) is 6.33. The fourth-order valence-electron chi connectivity index (χ4n) is 6.76. The highest BCUT2D eigenvalue weighted by Crippen LogP contribution is 2.45. The van der Waals surface area contributed by atoms with Crippen LogP contribution in [0, 0.1) is 23.2 Å². The van der Waals surface area contributed by atoms with Crippen LogP contribution >= 0.6 is 11.3 Å². The van der Waals surface area contributed by atoms with E-state index in [4.69, 9.17) is 5.10 Å². The smallest absolute Gasteiger partial charge is 0.122 e. The Kier molecular flexibility index (Phi) is 9.56. The molecule has 5 aromatic carbocycles. The molecular formula is C43H41N5S. The van der Waals surface area contributed by atoms with E-state index in [1.165, 1.54) is 37.0 Å². The monoisotopic (exact) mass is 659 g/mol. The van der Waals surface area contributed by atoms with Gasteiger partial charge in [-0.25, -0.2) is 0 Å². The van der Waals surface area contributed by atoms with Crippen LogP contribution in [0.3, 0.4) is 0 Å². The van der Waals surface area contributed by atoms with E-state index in [0.717, 1.165) is 35.2 Å². The maximum absolute atomic E-state index is 9.56. The van der Waals surface area contributed by atoms with Crippen LogP contribution in [0.15, 0.2) is 126 Å². The number of nitriles is 1. The van der Waals surface area contributed by atoms with Gasteiger partial charge in [-0.1, -0.05) is 105 Å². The van der Waals surface area contributed by atoms with Crippen LogP contribution < -0.4 is 10.6 Å². The molecule has 0 amide bonds. The number of anilines is 2. The van der Waals surface area contributed by atoms with E-state index in [9.17, 15) is 5.26 Å². The maximum atomic E-state index is 9.56. The van der Waals surface area contributed by atoms with Crippen molar-refractivity contribution in [3.63, 3.8) is 0 Å². The van der Waals surface area contributed by atoms with E-state index in [2.05, 4.69) is 97.3 Å². The SMILES string of the molecule is CNC(c1cccc(C#N)c1)N(Cc1ccc(Nc2c(C3=CCC(C)C(C)C3)ccc3c2sc2ccccc23)cc1)/N=C/c1ccccc1. The van der Waals surface area contributed by atoms with Gasteiger partial charge in [0.25, 0.3) is 0 Å². The molecule has 0 aliphatic heterocycles. The lowest BCUT2D eigenvalue weighted by molar-refractivity contribution is 0.173. The molecule has 3 unspecified atom stereocenters. The van der Waals surface area contributed by atoms with Gasteiger partial charge in [0.15, 0.2) is 0 Å². The molecule has 7 rings (SSSR count). The Morgan fingerprint density at radius 1 is 0.898 bits per heavy atom. The maximum Gasteiger partial charge on any atom is 0.122 e. The Labute approximate surface area is 293 Å². The minimum absolute atomic E-state index is 0.229. The molecule has 6 aromatic rings. The second kappa shape index (κ2) is 14.5. The molecule has 2 N–H and O–H groups in total. The molecule has 244 valence electrons. The zero-order chi connectivity index (χ0) is 33.7. The van der Waals surface area contributed by atoms with Gasteiger partial charge in [0.1, 0.15) is 6.17 Å². The van der Waals surface area contributed by atoms with Gasteiger partial charge >= 0.3 is 0 Å². The highest BCUT2D eigenvalue weighted by Gasteiger charge is 2.23. The third kappa shape index (κ3) is 7.00. The predicted octanol–water partition coefficient (Wildman–Crippen LogP) is 10.9. The Hall–Kier alpha value is -5.22. The number of allylic oxidation sites excluding steroid dienone is 2. The molecule has 1 aliphatic rings. The van der Waals surface area contributed by atoms with Crippen molar-refractivity contribution in [3.8, 4) is 6.07 Å². The molecule has 0 radical (unpaired) electrons. The topological polar surface area (TPSA) is 63.5 Å². The van der Waals surface area contributed by atoms with E-state index >= 15 is 0 Å². The van der Waals surface area contributed by atoms with Crippen molar-refractivity contribution in [2.75, 3.05) is 12.4 Å². The lowest BCUT2D eigenvalue weighted by Crippen LogP contribution is -2.33. The summed E-state index contributed by atoms with van der Waals surface area (Å²) >= 11 is 1.87. The first-order valence-corrected chi connectivity index (χ1v) is 17.8. The Balaban J connectivity index is 1.21. The second-order valence-electron chi connectivity index (χ2n) is 13.1. The highest BCUT2D eigenvalue weighted by atomic mass is 32.1. The lowest BCUT2D eigenvalue weighted by atomic mass is 9.79. The largest absolute Gasteiger partial charge is 0.354 e. The summed E-state index contributed by atoms with van der Waals surface area (Å²) in [5, 5.41) is 26.5. The van der Waals surface area contributed by atoms with E-state index in [1.807, 2.05) is 84.2 Å². The van der Waals surface area contributed by atoms with Gasteiger partial charge in [0, 0.05) is 26.7 Å². The molecule has 0 fully saturated rings. The predicted molar refractivity (Wildman–Crippen MR) is 207 cm³/mol. The van der Waals surface area contributed by atoms with Crippen molar-refractivity contribution in [2.45, 2.75) is 39.4 Å². The van der Waals surface area contributed by atoms with Crippen LogP contribution in [0.1, 0.15) is 60.7 Å². The first-order chi connectivity index (χ1) is 24.0. The third-order valence-corrected chi connectivity index (χ3v) is 11.0. The first-order valence-electron chi connectivity index (χ1n) is 17.0. The minimum Gasteiger partial charge on any atom is -0.354 e. The Bertz CT molecular complexity index is 2170. The number of benzene rings is 5. The number of hydrazone groups is 1. The van der Waals surface area contributed by atoms with E-state index < -0.39 is 0 Å². The summed E-state index contributed by atoms with van der Waals surface area (Å²) in [5.41, 5.74) is 8.76. The highest BCUT2D eigenvalue weighted by molar-refractivity contribution is 7.26. The number of nitrogens with one attached hydrogen (secondary N) is 2. The molecule has 1 aliphatic carbocycles. The Morgan fingerprint density at radius 3 is 2.47 bits per heavy atom. The summed E-state index contributed by atoms with van der Waals surface area (Å²) in [7, 11) is 1.93. The van der Waals surface area contributed by atoms with Crippen molar-refractivity contribution in [1.29, 1.82) is 5.26 Å². The second-order valence-corrected chi connectivity index (χ2v) is 14.1. The van der Waals surface area contributed by atoms with Crippen LogP contribution in [0.2, 0.25) is 0 Å². The van der Waals surface area contributed by atoms with E-state index in [0.29, 0.717) is 23.9 Å². The van der Waals surface area contributed by atoms with Gasteiger partial charge in [0.2, 0.25) is 0 Å². The molecule has 3 atom stereocenters. The number of thiophene rings is 1. The van der Waals surface area contributed by atoms with Crippen molar-refractivity contribution in [3.05, 3.63) is 149 Å². The molecule has 5 nitrogen and oxygen atoms in total. The quantitative estimate of drug-likeness (QED) is 0.0873. The minimum atomic E-state index is -0.229. The zero-order valence-corrected chi connectivity index (χ0v) is 29.0. The van der Waals surface area contributed by atoms with Gasteiger partial charge in [-0.2, -0.15) is 10.4 Å². The molecule has 0 saturated carbocycles.